The minimum absolute atomic E-state index is 0.0112. The molecule has 0 saturated carbocycles. The number of rotatable bonds is 6. The van der Waals surface area contributed by atoms with Crippen molar-refractivity contribution in [2.45, 2.75) is 18.9 Å². The van der Waals surface area contributed by atoms with E-state index in [4.69, 9.17) is 29.9 Å². The molecule has 1 fully saturated rings. The summed E-state index contributed by atoms with van der Waals surface area (Å²) in [5.41, 5.74) is 9.77. The maximum absolute atomic E-state index is 13.3. The van der Waals surface area contributed by atoms with Gasteiger partial charge >= 0.3 is 0 Å². The van der Waals surface area contributed by atoms with E-state index in [-0.39, 0.29) is 23.4 Å². The smallest absolute Gasteiger partial charge is 0.257 e. The lowest BCUT2D eigenvalue weighted by molar-refractivity contribution is 0.0859. The maximum Gasteiger partial charge on any atom is 0.257 e. The minimum Gasteiger partial charge on any atom is -0.497 e. The van der Waals surface area contributed by atoms with Crippen molar-refractivity contribution in [2.24, 2.45) is 0 Å². The first-order valence-electron chi connectivity index (χ1n) is 10.8. The summed E-state index contributed by atoms with van der Waals surface area (Å²) >= 11 is 0. The average molecular weight is 447 g/mol. The summed E-state index contributed by atoms with van der Waals surface area (Å²) in [6, 6.07) is 12.9. The van der Waals surface area contributed by atoms with E-state index in [0.717, 1.165) is 19.4 Å². The number of hydrogen-bond acceptors (Lipinski definition) is 7. The third kappa shape index (κ3) is 3.70. The average Bonchev–Trinajstić information content (AvgIpc) is 3.46. The summed E-state index contributed by atoms with van der Waals surface area (Å²) in [5.74, 6) is 1.08. The highest BCUT2D eigenvalue weighted by Gasteiger charge is 2.27. The lowest BCUT2D eigenvalue weighted by Gasteiger charge is -2.14. The first kappa shape index (κ1) is 21.0. The number of benzene rings is 2. The standard InChI is InChI=1S/C24H25N5O4/c1-31-14-9-10-18(19(12-14)32-2)29-22(25)20(24(30)26-13-15-6-5-11-33-15)21-23(29)28-17-8-4-3-7-16(17)27-21/h3-4,7-10,12,15H,5-6,11,13,25H2,1-2H3,(H,26,30)/t15-/m0/s1. The molecule has 1 atom stereocenters. The third-order valence-electron chi connectivity index (χ3n) is 5.87. The topological polar surface area (TPSA) is 114 Å². The highest BCUT2D eigenvalue weighted by Crippen LogP contribution is 2.36. The summed E-state index contributed by atoms with van der Waals surface area (Å²) in [6.45, 7) is 1.13. The summed E-state index contributed by atoms with van der Waals surface area (Å²) in [7, 11) is 3.15. The predicted molar refractivity (Wildman–Crippen MR) is 125 cm³/mol. The molecule has 1 saturated heterocycles. The van der Waals surface area contributed by atoms with Crippen molar-refractivity contribution in [3.63, 3.8) is 0 Å². The van der Waals surface area contributed by atoms with Gasteiger partial charge in [0.25, 0.3) is 5.91 Å². The SMILES string of the molecule is COc1ccc(-n2c(N)c(C(=O)NC[C@@H]3CCCO3)c3nc4ccccc4nc32)c(OC)c1. The minimum atomic E-state index is -0.316. The number of ether oxygens (including phenoxy) is 3. The van der Waals surface area contributed by atoms with E-state index in [1.54, 1.807) is 30.9 Å². The summed E-state index contributed by atoms with van der Waals surface area (Å²) in [5, 5.41) is 2.96. The van der Waals surface area contributed by atoms with Gasteiger partial charge in [0.1, 0.15) is 28.4 Å². The first-order valence-corrected chi connectivity index (χ1v) is 10.8. The number of nitrogen functional groups attached to an aromatic ring is 1. The Kier molecular flexibility index (Phi) is 5.47. The molecule has 0 unspecified atom stereocenters. The number of nitrogens with two attached hydrogens (primary N) is 1. The van der Waals surface area contributed by atoms with Crippen molar-refractivity contribution in [2.75, 3.05) is 33.1 Å². The molecule has 1 aliphatic rings. The molecule has 2 aromatic heterocycles. The molecule has 4 aromatic rings. The van der Waals surface area contributed by atoms with Crippen molar-refractivity contribution in [3.05, 3.63) is 48.0 Å². The Morgan fingerprint density at radius 3 is 2.67 bits per heavy atom. The second-order valence-corrected chi connectivity index (χ2v) is 7.86. The lowest BCUT2D eigenvalue weighted by atomic mass is 10.2. The van der Waals surface area contributed by atoms with Crippen LogP contribution in [-0.2, 0) is 4.74 Å². The van der Waals surface area contributed by atoms with Gasteiger partial charge in [-0.05, 0) is 37.1 Å². The predicted octanol–water partition coefficient (Wildman–Crippen LogP) is 3.08. The molecule has 5 rings (SSSR count). The van der Waals surface area contributed by atoms with E-state index in [9.17, 15) is 4.79 Å². The van der Waals surface area contributed by atoms with Gasteiger partial charge in [0.05, 0.1) is 37.0 Å². The Labute approximate surface area is 190 Å². The number of para-hydroxylation sites is 2. The van der Waals surface area contributed by atoms with Gasteiger partial charge in [-0.3, -0.25) is 9.36 Å². The number of hydrogen-bond donors (Lipinski definition) is 2. The Morgan fingerprint density at radius 2 is 1.97 bits per heavy atom. The molecule has 0 spiro atoms. The van der Waals surface area contributed by atoms with Crippen LogP contribution in [0.4, 0.5) is 5.82 Å². The zero-order valence-corrected chi connectivity index (χ0v) is 18.5. The zero-order chi connectivity index (χ0) is 22.9. The van der Waals surface area contributed by atoms with E-state index < -0.39 is 0 Å². The number of amides is 1. The van der Waals surface area contributed by atoms with E-state index in [2.05, 4.69) is 5.32 Å². The Morgan fingerprint density at radius 1 is 1.18 bits per heavy atom. The van der Waals surface area contributed by atoms with Crippen LogP contribution in [0.1, 0.15) is 23.2 Å². The monoisotopic (exact) mass is 447 g/mol. The van der Waals surface area contributed by atoms with E-state index in [1.807, 2.05) is 30.3 Å². The highest BCUT2D eigenvalue weighted by atomic mass is 16.5. The van der Waals surface area contributed by atoms with Crippen LogP contribution >= 0.6 is 0 Å². The van der Waals surface area contributed by atoms with E-state index >= 15 is 0 Å². The fourth-order valence-corrected chi connectivity index (χ4v) is 4.20. The van der Waals surface area contributed by atoms with Crippen molar-refractivity contribution >= 4 is 33.9 Å². The van der Waals surface area contributed by atoms with Gasteiger partial charge in [-0.25, -0.2) is 9.97 Å². The van der Waals surface area contributed by atoms with Crippen LogP contribution in [0, 0.1) is 0 Å². The van der Waals surface area contributed by atoms with E-state index in [0.29, 0.717) is 45.9 Å². The molecule has 0 bridgehead atoms. The number of methoxy groups -OCH3 is 2. The van der Waals surface area contributed by atoms with Gasteiger partial charge in [0.15, 0.2) is 5.65 Å². The molecule has 1 amide bonds. The molecule has 3 N–H and O–H groups in total. The quantitative estimate of drug-likeness (QED) is 0.467. The molecule has 170 valence electrons. The van der Waals surface area contributed by atoms with Crippen LogP contribution < -0.4 is 20.5 Å². The Hall–Kier alpha value is -3.85. The Bertz CT molecular complexity index is 1340. The molecule has 9 nitrogen and oxygen atoms in total. The fourth-order valence-electron chi connectivity index (χ4n) is 4.20. The van der Waals surface area contributed by atoms with Crippen LogP contribution in [0.15, 0.2) is 42.5 Å². The molecule has 3 heterocycles. The molecule has 9 heteroatoms. The molecule has 33 heavy (non-hydrogen) atoms. The number of nitrogens with one attached hydrogen (secondary N) is 1. The zero-order valence-electron chi connectivity index (χ0n) is 18.5. The second-order valence-electron chi connectivity index (χ2n) is 7.86. The number of aromatic nitrogens is 3. The van der Waals surface area contributed by atoms with Crippen molar-refractivity contribution in [1.29, 1.82) is 0 Å². The normalized spacial score (nSPS) is 15.8. The molecule has 0 aliphatic carbocycles. The van der Waals surface area contributed by atoms with Crippen LogP contribution in [0.2, 0.25) is 0 Å². The maximum atomic E-state index is 13.3. The van der Waals surface area contributed by atoms with Gasteiger partial charge in [-0.1, -0.05) is 12.1 Å². The van der Waals surface area contributed by atoms with Crippen molar-refractivity contribution in [1.82, 2.24) is 19.9 Å². The van der Waals surface area contributed by atoms with Gasteiger partial charge < -0.3 is 25.3 Å². The van der Waals surface area contributed by atoms with Crippen molar-refractivity contribution < 1.29 is 19.0 Å². The molecular formula is C24H25N5O4. The molecule has 2 aromatic carbocycles. The summed E-state index contributed by atoms with van der Waals surface area (Å²) in [6.07, 6.45) is 1.93. The number of carbonyl (C=O) groups excluding carboxylic acids is 1. The lowest BCUT2D eigenvalue weighted by Crippen LogP contribution is -2.32. The van der Waals surface area contributed by atoms with Crippen LogP contribution in [0.25, 0.3) is 27.9 Å². The van der Waals surface area contributed by atoms with Gasteiger partial charge in [0, 0.05) is 19.2 Å². The van der Waals surface area contributed by atoms with Crippen LogP contribution in [0.3, 0.4) is 0 Å². The Balaban J connectivity index is 1.69. The van der Waals surface area contributed by atoms with Crippen LogP contribution in [0.5, 0.6) is 11.5 Å². The number of carbonyl (C=O) groups is 1. The van der Waals surface area contributed by atoms with E-state index in [1.165, 1.54) is 0 Å². The second kappa shape index (κ2) is 8.59. The van der Waals surface area contributed by atoms with Gasteiger partial charge in [-0.15, -0.1) is 0 Å². The fraction of sp³-hybridized carbons (Fsp3) is 0.292. The molecule has 0 radical (unpaired) electrons. The van der Waals surface area contributed by atoms with Crippen LogP contribution in [-0.4, -0.2) is 53.9 Å². The molecular weight excluding hydrogens is 422 g/mol. The molecule has 1 aliphatic heterocycles. The largest absolute Gasteiger partial charge is 0.497 e. The third-order valence-corrected chi connectivity index (χ3v) is 5.87. The summed E-state index contributed by atoms with van der Waals surface area (Å²) < 4.78 is 18.3. The van der Waals surface area contributed by atoms with Gasteiger partial charge in [-0.2, -0.15) is 0 Å². The number of anilines is 1. The first-order chi connectivity index (χ1) is 16.1. The van der Waals surface area contributed by atoms with Crippen molar-refractivity contribution in [3.8, 4) is 17.2 Å². The number of fused-ring (bicyclic) bond motifs is 2. The summed E-state index contributed by atoms with van der Waals surface area (Å²) in [4.78, 5) is 22.8. The highest BCUT2D eigenvalue weighted by molar-refractivity contribution is 6.11. The number of nitrogens with zero attached hydrogens (tertiary/aromatic N) is 3. The van der Waals surface area contributed by atoms with Gasteiger partial charge in [0.2, 0.25) is 0 Å².